The Bertz CT molecular complexity index is 1270. The predicted molar refractivity (Wildman–Crippen MR) is 133 cm³/mol. The van der Waals surface area contributed by atoms with Crippen LogP contribution >= 0.6 is 23.5 Å². The molecule has 1 aromatic heterocycles. The second kappa shape index (κ2) is 10.4. The van der Waals surface area contributed by atoms with Crippen LogP contribution in [0.3, 0.4) is 0 Å². The van der Waals surface area contributed by atoms with Crippen molar-refractivity contribution in [3.05, 3.63) is 59.7 Å². The lowest BCUT2D eigenvalue weighted by atomic mass is 10.1. The number of rotatable bonds is 6. The van der Waals surface area contributed by atoms with Gasteiger partial charge in [0.05, 0.1) is 25.6 Å². The molecule has 0 atom stereocenters. The minimum Gasteiger partial charge on any atom is -0.493 e. The van der Waals surface area contributed by atoms with E-state index in [4.69, 9.17) is 9.47 Å². The minimum atomic E-state index is 0.271. The van der Waals surface area contributed by atoms with Crippen LogP contribution in [0, 0.1) is 11.3 Å². The first-order valence-electron chi connectivity index (χ1n) is 9.84. The largest absolute Gasteiger partial charge is 0.493 e. The van der Waals surface area contributed by atoms with E-state index in [9.17, 15) is 5.26 Å². The summed E-state index contributed by atoms with van der Waals surface area (Å²) >= 11 is 2.88. The van der Waals surface area contributed by atoms with Gasteiger partial charge in [-0.25, -0.2) is 15.0 Å². The molecule has 3 aromatic rings. The molecule has 166 valence electrons. The summed E-state index contributed by atoms with van der Waals surface area (Å²) in [5.41, 5.74) is 6.42. The van der Waals surface area contributed by atoms with Crippen molar-refractivity contribution >= 4 is 40.2 Å². The van der Waals surface area contributed by atoms with Gasteiger partial charge in [-0.05, 0) is 30.0 Å². The molecule has 4 rings (SSSR count). The number of ether oxygens (including phenoxy) is 2. The van der Waals surface area contributed by atoms with Crippen molar-refractivity contribution in [2.45, 2.75) is 5.16 Å². The molecule has 0 saturated carbocycles. The summed E-state index contributed by atoms with van der Waals surface area (Å²) in [5.74, 6) is 2.08. The highest BCUT2D eigenvalue weighted by Gasteiger charge is 2.19. The van der Waals surface area contributed by atoms with Gasteiger partial charge in [-0.1, -0.05) is 53.9 Å². The summed E-state index contributed by atoms with van der Waals surface area (Å²) in [5, 5.41) is 15.5. The van der Waals surface area contributed by atoms with Crippen LogP contribution in [0.1, 0.15) is 11.1 Å². The molecule has 0 bridgehead atoms. The highest BCUT2D eigenvalue weighted by Crippen LogP contribution is 2.35. The fraction of sp³-hybridized carbons (Fsp3) is 0.174. The highest BCUT2D eigenvalue weighted by atomic mass is 32.2. The maximum Gasteiger partial charge on any atom is 0.189 e. The third kappa shape index (κ3) is 4.94. The number of nitrogens with zero attached hydrogens (tertiary/aromatic N) is 5. The van der Waals surface area contributed by atoms with Crippen LogP contribution in [0.2, 0.25) is 0 Å². The number of aromatic nitrogens is 2. The van der Waals surface area contributed by atoms with Crippen molar-refractivity contribution in [2.24, 2.45) is 10.1 Å². The summed E-state index contributed by atoms with van der Waals surface area (Å²) < 4.78 is 10.7. The van der Waals surface area contributed by atoms with Gasteiger partial charge >= 0.3 is 0 Å². The first-order chi connectivity index (χ1) is 16.2. The average molecular weight is 477 g/mol. The average Bonchev–Trinajstić information content (AvgIpc) is 2.88. The van der Waals surface area contributed by atoms with Crippen LogP contribution in [0.5, 0.6) is 11.5 Å². The molecule has 0 unspecified atom stereocenters. The van der Waals surface area contributed by atoms with Crippen LogP contribution in [0.4, 0.5) is 5.82 Å². The summed E-state index contributed by atoms with van der Waals surface area (Å²) in [6.45, 7) is 0. The van der Waals surface area contributed by atoms with E-state index in [1.54, 1.807) is 26.4 Å². The first-order valence-corrected chi connectivity index (χ1v) is 12.1. The minimum absolute atomic E-state index is 0.271. The lowest BCUT2D eigenvalue weighted by molar-refractivity contribution is 0.355. The van der Waals surface area contributed by atoms with E-state index in [1.807, 2.05) is 42.7 Å². The lowest BCUT2D eigenvalue weighted by Gasteiger charge is -2.15. The van der Waals surface area contributed by atoms with E-state index < -0.39 is 0 Å². The SMILES string of the molecule is COc1ccc(-c2nc(SC)nc(N=C3NN=C(c4ccccc4)CS3)c2C#N)cc1OC. The molecule has 8 nitrogen and oxygen atoms in total. The quantitative estimate of drug-likeness (QED) is 0.410. The second-order valence-electron chi connectivity index (χ2n) is 6.68. The lowest BCUT2D eigenvalue weighted by Crippen LogP contribution is -2.25. The molecule has 0 aliphatic carbocycles. The van der Waals surface area contributed by atoms with Gasteiger partial charge in [0.15, 0.2) is 27.6 Å². The number of nitriles is 1. The van der Waals surface area contributed by atoms with Gasteiger partial charge in [0.2, 0.25) is 0 Å². The Hall–Kier alpha value is -3.55. The van der Waals surface area contributed by atoms with Gasteiger partial charge < -0.3 is 9.47 Å². The number of nitrogens with one attached hydrogen (secondary N) is 1. The van der Waals surface area contributed by atoms with E-state index in [-0.39, 0.29) is 11.4 Å². The summed E-state index contributed by atoms with van der Waals surface area (Å²) in [7, 11) is 3.14. The Labute approximate surface area is 200 Å². The van der Waals surface area contributed by atoms with Crippen molar-refractivity contribution in [3.63, 3.8) is 0 Å². The molecule has 1 aliphatic rings. The van der Waals surface area contributed by atoms with Gasteiger partial charge in [0.25, 0.3) is 0 Å². The first kappa shape index (κ1) is 22.6. The zero-order valence-corrected chi connectivity index (χ0v) is 19.8. The number of methoxy groups -OCH3 is 2. The van der Waals surface area contributed by atoms with Crippen LogP contribution in [-0.4, -0.2) is 47.1 Å². The molecule has 0 spiro atoms. The van der Waals surface area contributed by atoms with Crippen molar-refractivity contribution in [1.82, 2.24) is 15.4 Å². The highest BCUT2D eigenvalue weighted by molar-refractivity contribution is 8.14. The number of amidine groups is 1. The molecule has 2 heterocycles. The van der Waals surface area contributed by atoms with Gasteiger partial charge in [-0.3, -0.25) is 5.43 Å². The van der Waals surface area contributed by atoms with Crippen LogP contribution in [0.15, 0.2) is 63.8 Å². The molecular weight excluding hydrogens is 456 g/mol. The maximum absolute atomic E-state index is 9.95. The normalized spacial score (nSPS) is 14.2. The Kier molecular flexibility index (Phi) is 7.12. The number of benzene rings is 2. The third-order valence-corrected chi connectivity index (χ3v) is 6.19. The van der Waals surface area contributed by atoms with E-state index >= 15 is 0 Å². The molecular formula is C23H20N6O2S2. The van der Waals surface area contributed by atoms with Gasteiger partial charge in [0.1, 0.15) is 11.6 Å². The molecule has 0 radical (unpaired) electrons. The number of aliphatic imine (C=N–C) groups is 1. The van der Waals surface area contributed by atoms with Gasteiger partial charge in [-0.2, -0.15) is 10.4 Å². The molecule has 2 aromatic carbocycles. The van der Waals surface area contributed by atoms with E-state index in [0.29, 0.717) is 38.8 Å². The molecule has 0 fully saturated rings. The van der Waals surface area contributed by atoms with Crippen molar-refractivity contribution in [1.29, 1.82) is 5.26 Å². The Balaban J connectivity index is 1.73. The number of hydrazone groups is 1. The topological polar surface area (TPSA) is 105 Å². The maximum atomic E-state index is 9.95. The molecule has 10 heteroatoms. The monoisotopic (exact) mass is 476 g/mol. The molecule has 1 N–H and O–H groups in total. The standard InChI is InChI=1S/C23H20N6O2S2/c1-30-18-10-9-15(11-19(18)31-2)20-16(12-24)21(26-22(25-20)32-3)27-23-29-28-17(13-33-23)14-7-5-4-6-8-14/h4-11H,13H2,1-3H3,(H,25,26,27,29). The Morgan fingerprint density at radius 1 is 1.06 bits per heavy atom. The van der Waals surface area contributed by atoms with Gasteiger partial charge in [0, 0.05) is 11.3 Å². The van der Waals surface area contributed by atoms with Crippen LogP contribution in [-0.2, 0) is 0 Å². The van der Waals surface area contributed by atoms with E-state index in [0.717, 1.165) is 11.3 Å². The van der Waals surface area contributed by atoms with Crippen molar-refractivity contribution in [3.8, 4) is 28.8 Å². The molecule has 1 aliphatic heterocycles. The third-order valence-electron chi connectivity index (χ3n) is 4.77. The number of hydrogen-bond acceptors (Lipinski definition) is 9. The zero-order chi connectivity index (χ0) is 23.2. The van der Waals surface area contributed by atoms with E-state index in [1.165, 1.54) is 23.5 Å². The van der Waals surface area contributed by atoms with E-state index in [2.05, 4.69) is 31.6 Å². The van der Waals surface area contributed by atoms with Crippen molar-refractivity contribution < 1.29 is 9.47 Å². The Morgan fingerprint density at radius 2 is 1.85 bits per heavy atom. The van der Waals surface area contributed by atoms with Crippen LogP contribution in [0.25, 0.3) is 11.3 Å². The zero-order valence-electron chi connectivity index (χ0n) is 18.2. The number of hydrogen-bond donors (Lipinski definition) is 1. The smallest absolute Gasteiger partial charge is 0.189 e. The molecule has 0 amide bonds. The molecule has 0 saturated heterocycles. The predicted octanol–water partition coefficient (Wildman–Crippen LogP) is 4.48. The summed E-state index contributed by atoms with van der Waals surface area (Å²) in [6, 6.07) is 17.6. The van der Waals surface area contributed by atoms with Gasteiger partial charge in [-0.15, -0.1) is 0 Å². The van der Waals surface area contributed by atoms with Crippen LogP contribution < -0.4 is 14.9 Å². The second-order valence-corrected chi connectivity index (χ2v) is 8.42. The fourth-order valence-corrected chi connectivity index (χ4v) is 4.27. The fourth-order valence-electron chi connectivity index (χ4n) is 3.14. The number of thioether (sulfide) groups is 2. The summed E-state index contributed by atoms with van der Waals surface area (Å²) in [4.78, 5) is 13.7. The summed E-state index contributed by atoms with van der Waals surface area (Å²) in [6.07, 6.45) is 1.88. The van der Waals surface area contributed by atoms with Crippen molar-refractivity contribution in [2.75, 3.05) is 26.2 Å². The molecule has 33 heavy (non-hydrogen) atoms. The Morgan fingerprint density at radius 3 is 2.48 bits per heavy atom.